The molecule has 0 aliphatic carbocycles. The number of benzene rings is 2. The summed E-state index contributed by atoms with van der Waals surface area (Å²) in [5.74, 6) is -1.80. The van der Waals surface area contributed by atoms with Gasteiger partial charge in [0.25, 0.3) is 0 Å². The molecule has 0 saturated carbocycles. The highest BCUT2D eigenvalue weighted by atomic mass is 32.2. The minimum Gasteiger partial charge on any atom is -0.545 e. The standard InChI is InChI=1S/C21H21N3O4S/c1-3-13-4-8-16(9-5-13)23-21-24(2)19(26)17(29-21)12-18(25)22-15-10-6-14(7-11-15)20(27)28/h4-11,17H,3,12H2,1-2H3,(H,22,25)(H,27,28)/p-1/t17-/m1/s1. The molecule has 1 aliphatic rings. The van der Waals surface area contributed by atoms with Crippen molar-refractivity contribution >= 4 is 46.1 Å². The summed E-state index contributed by atoms with van der Waals surface area (Å²) in [7, 11) is 1.64. The summed E-state index contributed by atoms with van der Waals surface area (Å²) in [5, 5.41) is 13.4. The van der Waals surface area contributed by atoms with Crippen molar-refractivity contribution in [3.8, 4) is 0 Å². The van der Waals surface area contributed by atoms with Crippen LogP contribution in [0.3, 0.4) is 0 Å². The summed E-state index contributed by atoms with van der Waals surface area (Å²) < 4.78 is 0. The van der Waals surface area contributed by atoms with Gasteiger partial charge in [-0.15, -0.1) is 0 Å². The van der Waals surface area contributed by atoms with Crippen LogP contribution in [-0.4, -0.2) is 40.1 Å². The molecule has 3 rings (SSSR count). The van der Waals surface area contributed by atoms with Crippen LogP contribution >= 0.6 is 11.8 Å². The van der Waals surface area contributed by atoms with Crippen molar-refractivity contribution in [3.05, 3.63) is 59.7 Å². The van der Waals surface area contributed by atoms with Gasteiger partial charge in [0.1, 0.15) is 5.25 Å². The first kappa shape index (κ1) is 20.6. The first-order chi connectivity index (χ1) is 13.9. The van der Waals surface area contributed by atoms with E-state index in [0.29, 0.717) is 10.9 Å². The fourth-order valence-electron chi connectivity index (χ4n) is 2.78. The monoisotopic (exact) mass is 410 g/mol. The molecule has 1 atom stereocenters. The molecule has 1 heterocycles. The third-order valence-corrected chi connectivity index (χ3v) is 5.71. The maximum Gasteiger partial charge on any atom is 0.242 e. The first-order valence-corrected chi connectivity index (χ1v) is 9.98. The Balaban J connectivity index is 1.63. The van der Waals surface area contributed by atoms with E-state index < -0.39 is 11.2 Å². The highest BCUT2D eigenvalue weighted by molar-refractivity contribution is 8.15. The van der Waals surface area contributed by atoms with E-state index in [1.165, 1.54) is 46.5 Å². The summed E-state index contributed by atoms with van der Waals surface area (Å²) in [6.07, 6.45) is 0.932. The topological polar surface area (TPSA) is 102 Å². The number of aliphatic imine (C=N–C) groups is 1. The zero-order valence-electron chi connectivity index (χ0n) is 16.0. The zero-order valence-corrected chi connectivity index (χ0v) is 16.9. The smallest absolute Gasteiger partial charge is 0.242 e. The zero-order chi connectivity index (χ0) is 21.0. The van der Waals surface area contributed by atoms with Crippen molar-refractivity contribution in [3.63, 3.8) is 0 Å². The van der Waals surface area contributed by atoms with Gasteiger partial charge in [-0.25, -0.2) is 4.99 Å². The molecule has 150 valence electrons. The van der Waals surface area contributed by atoms with Gasteiger partial charge in [-0.2, -0.15) is 0 Å². The van der Waals surface area contributed by atoms with Crippen LogP contribution in [0, 0.1) is 0 Å². The van der Waals surface area contributed by atoms with Crippen molar-refractivity contribution in [2.24, 2.45) is 4.99 Å². The molecule has 7 nitrogen and oxygen atoms in total. The lowest BCUT2D eigenvalue weighted by Crippen LogP contribution is -2.30. The number of nitrogens with one attached hydrogen (secondary N) is 1. The van der Waals surface area contributed by atoms with E-state index in [9.17, 15) is 19.5 Å². The molecule has 1 fully saturated rings. The molecule has 2 aromatic rings. The van der Waals surface area contributed by atoms with Gasteiger partial charge in [0.2, 0.25) is 11.8 Å². The average molecular weight is 410 g/mol. The number of carboxylic acids is 1. The number of nitrogens with zero attached hydrogens (tertiary/aromatic N) is 2. The second-order valence-corrected chi connectivity index (χ2v) is 7.71. The minimum absolute atomic E-state index is 0.0100. The lowest BCUT2D eigenvalue weighted by molar-refractivity contribution is -0.255. The molecular weight excluding hydrogens is 390 g/mol. The Kier molecular flexibility index (Phi) is 6.33. The van der Waals surface area contributed by atoms with Crippen LogP contribution < -0.4 is 10.4 Å². The van der Waals surface area contributed by atoms with Crippen LogP contribution in [0.5, 0.6) is 0 Å². The summed E-state index contributed by atoms with van der Waals surface area (Å²) in [6, 6.07) is 13.5. The molecule has 1 aliphatic heterocycles. The Hall–Kier alpha value is -3.13. The second kappa shape index (κ2) is 8.91. The lowest BCUT2D eigenvalue weighted by Gasteiger charge is -2.10. The van der Waals surface area contributed by atoms with E-state index in [0.717, 1.165) is 12.1 Å². The number of rotatable bonds is 6. The molecule has 0 spiro atoms. The van der Waals surface area contributed by atoms with Gasteiger partial charge >= 0.3 is 0 Å². The maximum atomic E-state index is 12.5. The first-order valence-electron chi connectivity index (χ1n) is 9.10. The molecule has 8 heteroatoms. The van der Waals surface area contributed by atoms with Gasteiger partial charge in [-0.05, 0) is 41.8 Å². The molecule has 1 N–H and O–H groups in total. The van der Waals surface area contributed by atoms with Gasteiger partial charge in [-0.1, -0.05) is 43.0 Å². The van der Waals surface area contributed by atoms with Gasteiger partial charge in [0.15, 0.2) is 5.17 Å². The number of amidine groups is 1. The maximum absolute atomic E-state index is 12.5. The van der Waals surface area contributed by atoms with E-state index >= 15 is 0 Å². The number of hydrogen-bond donors (Lipinski definition) is 1. The molecule has 0 bridgehead atoms. The van der Waals surface area contributed by atoms with Gasteiger partial charge in [-0.3, -0.25) is 14.5 Å². The van der Waals surface area contributed by atoms with Crippen LogP contribution in [0.4, 0.5) is 11.4 Å². The Morgan fingerprint density at radius 3 is 2.38 bits per heavy atom. The molecule has 0 aromatic heterocycles. The fourth-order valence-corrected chi connectivity index (χ4v) is 3.94. The normalized spacial score (nSPS) is 17.6. The van der Waals surface area contributed by atoms with Gasteiger partial charge in [0.05, 0.1) is 11.7 Å². The number of anilines is 1. The minimum atomic E-state index is -1.28. The Labute approximate surface area is 172 Å². The predicted octanol–water partition coefficient (Wildman–Crippen LogP) is 2.20. The van der Waals surface area contributed by atoms with Gasteiger partial charge in [0, 0.05) is 19.2 Å². The number of thioether (sulfide) groups is 1. The van der Waals surface area contributed by atoms with Crippen molar-refractivity contribution in [2.75, 3.05) is 12.4 Å². The number of aromatic carboxylic acids is 1. The quantitative estimate of drug-likeness (QED) is 0.787. The summed E-state index contributed by atoms with van der Waals surface area (Å²) in [6.45, 7) is 2.08. The molecule has 0 radical (unpaired) electrons. The average Bonchev–Trinajstić information content (AvgIpc) is 2.96. The molecule has 0 unspecified atom stereocenters. The summed E-state index contributed by atoms with van der Waals surface area (Å²) >= 11 is 1.26. The van der Waals surface area contributed by atoms with E-state index in [1.54, 1.807) is 7.05 Å². The van der Waals surface area contributed by atoms with Crippen LogP contribution in [0.25, 0.3) is 0 Å². The molecule has 29 heavy (non-hydrogen) atoms. The molecule has 2 amide bonds. The van der Waals surface area contributed by atoms with E-state index in [4.69, 9.17) is 0 Å². The number of carboxylic acid groups (broad SMARTS) is 1. The van der Waals surface area contributed by atoms with Gasteiger partial charge < -0.3 is 15.2 Å². The largest absolute Gasteiger partial charge is 0.545 e. The van der Waals surface area contributed by atoms with Crippen molar-refractivity contribution < 1.29 is 19.5 Å². The summed E-state index contributed by atoms with van der Waals surface area (Å²) in [5.41, 5.74) is 2.44. The predicted molar refractivity (Wildman–Crippen MR) is 111 cm³/mol. The highest BCUT2D eigenvalue weighted by Gasteiger charge is 2.37. The highest BCUT2D eigenvalue weighted by Crippen LogP contribution is 2.30. The number of amides is 2. The second-order valence-electron chi connectivity index (χ2n) is 6.54. The number of hydrogen-bond acceptors (Lipinski definition) is 6. The summed E-state index contributed by atoms with van der Waals surface area (Å²) in [4.78, 5) is 41.6. The Bertz CT molecular complexity index is 955. The molecule has 1 saturated heterocycles. The fraction of sp³-hybridized carbons (Fsp3) is 0.238. The van der Waals surface area contributed by atoms with Crippen molar-refractivity contribution in [1.82, 2.24) is 4.90 Å². The third-order valence-electron chi connectivity index (χ3n) is 4.49. The SMILES string of the molecule is CCc1ccc(N=C2S[C@H](CC(=O)Nc3ccc(C(=O)[O-])cc3)C(=O)N2C)cc1. The van der Waals surface area contributed by atoms with Crippen LogP contribution in [0.2, 0.25) is 0 Å². The van der Waals surface area contributed by atoms with E-state index in [1.807, 2.05) is 24.3 Å². The number of carbonyl (C=O) groups excluding carboxylic acids is 3. The van der Waals surface area contributed by atoms with Crippen molar-refractivity contribution in [1.29, 1.82) is 0 Å². The Morgan fingerprint density at radius 2 is 1.79 bits per heavy atom. The number of aryl methyl sites for hydroxylation is 1. The lowest BCUT2D eigenvalue weighted by atomic mass is 10.2. The Morgan fingerprint density at radius 1 is 1.14 bits per heavy atom. The van der Waals surface area contributed by atoms with E-state index in [-0.39, 0.29) is 23.8 Å². The number of carbonyl (C=O) groups is 3. The van der Waals surface area contributed by atoms with Crippen molar-refractivity contribution in [2.45, 2.75) is 25.0 Å². The van der Waals surface area contributed by atoms with E-state index in [2.05, 4.69) is 17.2 Å². The van der Waals surface area contributed by atoms with Crippen LogP contribution in [-0.2, 0) is 16.0 Å². The van der Waals surface area contributed by atoms with Crippen LogP contribution in [0.1, 0.15) is 29.3 Å². The third kappa shape index (κ3) is 5.03. The molecular formula is C21H20N3O4S-. The van der Waals surface area contributed by atoms with Crippen LogP contribution in [0.15, 0.2) is 53.5 Å². The molecule has 2 aromatic carbocycles.